The van der Waals surface area contributed by atoms with E-state index in [0.29, 0.717) is 0 Å². The molecule has 4 nitrogen and oxygen atoms in total. The van der Waals surface area contributed by atoms with Crippen LogP contribution in [0.3, 0.4) is 0 Å². The topological polar surface area (TPSA) is 50.1 Å². The summed E-state index contributed by atoms with van der Waals surface area (Å²) >= 11 is 0. The van der Waals surface area contributed by atoms with Crippen molar-refractivity contribution in [3.05, 3.63) is 52.3 Å². The molecule has 1 heterocycles. The minimum Gasteiger partial charge on any atom is -0.391 e. The van der Waals surface area contributed by atoms with E-state index in [1.807, 2.05) is 23.9 Å². The van der Waals surface area contributed by atoms with Gasteiger partial charge in [0.1, 0.15) is 0 Å². The number of aliphatic hydroxyl groups excluding tert-OH is 1. The van der Waals surface area contributed by atoms with Crippen LogP contribution in [0.1, 0.15) is 48.0 Å². The maximum absolute atomic E-state index is 10.4. The second-order valence-electron chi connectivity index (χ2n) is 6.03. The molecule has 22 heavy (non-hydrogen) atoms. The second kappa shape index (κ2) is 6.23. The zero-order chi connectivity index (χ0) is 15.7. The number of aryl methyl sites for hydroxylation is 2. The lowest BCUT2D eigenvalue weighted by atomic mass is 10.1. The molecule has 0 unspecified atom stereocenters. The summed E-state index contributed by atoms with van der Waals surface area (Å²) in [6, 6.07) is 8.34. The predicted molar refractivity (Wildman–Crippen MR) is 87.7 cm³/mol. The molecule has 0 saturated heterocycles. The maximum atomic E-state index is 10.4. The molecule has 2 atom stereocenters. The smallest absolute Gasteiger partial charge is 0.0775 e. The van der Waals surface area contributed by atoms with Crippen molar-refractivity contribution in [1.82, 2.24) is 15.1 Å². The van der Waals surface area contributed by atoms with E-state index in [1.54, 1.807) is 0 Å². The molecule has 2 aromatic rings. The maximum Gasteiger partial charge on any atom is 0.0775 e. The van der Waals surface area contributed by atoms with Crippen LogP contribution < -0.4 is 5.32 Å². The first-order valence-electron chi connectivity index (χ1n) is 8.18. The van der Waals surface area contributed by atoms with Crippen molar-refractivity contribution < 1.29 is 5.11 Å². The average Bonchev–Trinajstić information content (AvgIpc) is 3.00. The van der Waals surface area contributed by atoms with Gasteiger partial charge in [-0.1, -0.05) is 38.1 Å². The van der Waals surface area contributed by atoms with Crippen LogP contribution in [0.25, 0.3) is 0 Å². The fraction of sp³-hybridized carbons (Fsp3) is 0.500. The number of nitrogens with zero attached hydrogens (tertiary/aromatic N) is 2. The normalized spacial score (nSPS) is 20.4. The Kier molecular flexibility index (Phi) is 4.32. The summed E-state index contributed by atoms with van der Waals surface area (Å²) in [4.78, 5) is 0. The zero-order valence-electron chi connectivity index (χ0n) is 13.6. The van der Waals surface area contributed by atoms with Gasteiger partial charge < -0.3 is 10.4 Å². The molecule has 1 aliphatic carbocycles. The van der Waals surface area contributed by atoms with Gasteiger partial charge in [-0.2, -0.15) is 5.10 Å². The fourth-order valence-electron chi connectivity index (χ4n) is 3.63. The van der Waals surface area contributed by atoms with Crippen LogP contribution in [0.2, 0.25) is 0 Å². The summed E-state index contributed by atoms with van der Waals surface area (Å²) in [5, 5.41) is 18.5. The molecule has 3 rings (SSSR count). The van der Waals surface area contributed by atoms with Crippen molar-refractivity contribution in [3.63, 3.8) is 0 Å². The molecule has 0 aliphatic heterocycles. The van der Waals surface area contributed by atoms with Gasteiger partial charge in [-0.05, 0) is 24.0 Å². The summed E-state index contributed by atoms with van der Waals surface area (Å²) in [7, 11) is 2.02. The molecular formula is C18H25N3O. The number of hydrogen-bond acceptors (Lipinski definition) is 3. The van der Waals surface area contributed by atoms with Crippen molar-refractivity contribution in [3.8, 4) is 0 Å². The lowest BCUT2D eigenvalue weighted by Gasteiger charge is -2.18. The monoisotopic (exact) mass is 299 g/mol. The minimum atomic E-state index is -0.343. The Morgan fingerprint density at radius 1 is 1.27 bits per heavy atom. The van der Waals surface area contributed by atoms with E-state index >= 15 is 0 Å². The van der Waals surface area contributed by atoms with Gasteiger partial charge in [0.05, 0.1) is 17.8 Å². The molecule has 2 N–H and O–H groups in total. The van der Waals surface area contributed by atoms with Crippen LogP contribution in [0.4, 0.5) is 0 Å². The Morgan fingerprint density at radius 2 is 2.05 bits per heavy atom. The third-order valence-corrected chi connectivity index (χ3v) is 4.73. The number of aliphatic hydroxyl groups is 1. The third-order valence-electron chi connectivity index (χ3n) is 4.73. The number of nitrogens with one attached hydrogen (secondary N) is 1. The number of rotatable bonds is 5. The highest BCUT2D eigenvalue weighted by Gasteiger charge is 2.30. The van der Waals surface area contributed by atoms with Crippen LogP contribution >= 0.6 is 0 Å². The van der Waals surface area contributed by atoms with E-state index in [-0.39, 0.29) is 12.1 Å². The molecule has 0 fully saturated rings. The summed E-state index contributed by atoms with van der Waals surface area (Å²) in [5.41, 5.74) is 6.22. The molecule has 0 spiro atoms. The Bertz CT molecular complexity index is 662. The zero-order valence-corrected chi connectivity index (χ0v) is 13.6. The molecule has 0 bridgehead atoms. The summed E-state index contributed by atoms with van der Waals surface area (Å²) in [6.45, 7) is 5.07. The molecule has 1 aliphatic rings. The highest BCUT2D eigenvalue weighted by atomic mass is 16.3. The van der Waals surface area contributed by atoms with E-state index in [1.165, 1.54) is 22.4 Å². The van der Waals surface area contributed by atoms with Gasteiger partial charge in [-0.15, -0.1) is 0 Å². The first-order valence-corrected chi connectivity index (χ1v) is 8.18. The Hall–Kier alpha value is -1.65. The van der Waals surface area contributed by atoms with Gasteiger partial charge in [0.15, 0.2) is 0 Å². The van der Waals surface area contributed by atoms with Crippen LogP contribution in [-0.2, 0) is 32.9 Å². The lowest BCUT2D eigenvalue weighted by molar-refractivity contribution is 0.140. The largest absolute Gasteiger partial charge is 0.391 e. The average molecular weight is 299 g/mol. The van der Waals surface area contributed by atoms with E-state index < -0.39 is 0 Å². The molecule has 118 valence electrons. The summed E-state index contributed by atoms with van der Waals surface area (Å²) in [5.74, 6) is 0. The summed E-state index contributed by atoms with van der Waals surface area (Å²) in [6.07, 6.45) is 2.31. The van der Waals surface area contributed by atoms with E-state index in [2.05, 4.69) is 36.4 Å². The van der Waals surface area contributed by atoms with Crippen molar-refractivity contribution in [2.45, 2.75) is 51.8 Å². The van der Waals surface area contributed by atoms with Gasteiger partial charge in [0, 0.05) is 31.3 Å². The quantitative estimate of drug-likeness (QED) is 0.890. The van der Waals surface area contributed by atoms with Gasteiger partial charge >= 0.3 is 0 Å². The third kappa shape index (κ3) is 2.57. The van der Waals surface area contributed by atoms with Crippen molar-refractivity contribution in [1.29, 1.82) is 0 Å². The number of aromatic nitrogens is 2. The van der Waals surface area contributed by atoms with Gasteiger partial charge in [0.25, 0.3) is 0 Å². The first-order chi connectivity index (χ1) is 10.7. The summed E-state index contributed by atoms with van der Waals surface area (Å²) < 4.78 is 1.99. The van der Waals surface area contributed by atoms with Crippen LogP contribution in [0.15, 0.2) is 24.3 Å². The highest BCUT2D eigenvalue weighted by molar-refractivity contribution is 5.37. The number of hydrogen-bond donors (Lipinski definition) is 2. The second-order valence-corrected chi connectivity index (χ2v) is 6.03. The van der Waals surface area contributed by atoms with Gasteiger partial charge in [0.2, 0.25) is 0 Å². The first kappa shape index (κ1) is 15.3. The fourth-order valence-corrected chi connectivity index (χ4v) is 3.63. The predicted octanol–water partition coefficient (Wildman–Crippen LogP) is 2.29. The minimum absolute atomic E-state index is 0.0193. The standard InChI is InChI=1S/C18H25N3O/c1-4-15-14(16(5-2)21(3)20-15)11-19-18-13-9-7-6-8-12(13)10-17(18)22/h6-9,17-19,22H,4-5,10-11H2,1-3H3/t17-,18+/m0/s1. The molecule has 1 aromatic heterocycles. The molecule has 0 saturated carbocycles. The Morgan fingerprint density at radius 3 is 2.77 bits per heavy atom. The molecule has 4 heteroatoms. The lowest BCUT2D eigenvalue weighted by Crippen LogP contribution is -2.29. The van der Waals surface area contributed by atoms with Crippen molar-refractivity contribution in [2.24, 2.45) is 7.05 Å². The van der Waals surface area contributed by atoms with E-state index in [0.717, 1.165) is 31.5 Å². The van der Waals surface area contributed by atoms with Crippen LogP contribution in [0.5, 0.6) is 0 Å². The highest BCUT2D eigenvalue weighted by Crippen LogP contribution is 2.31. The van der Waals surface area contributed by atoms with Crippen LogP contribution in [-0.4, -0.2) is 21.0 Å². The molecule has 0 amide bonds. The van der Waals surface area contributed by atoms with Crippen molar-refractivity contribution >= 4 is 0 Å². The number of benzene rings is 1. The SMILES string of the molecule is CCc1nn(C)c(CC)c1CN[C@@H]1c2ccccc2C[C@@H]1O. The van der Waals surface area contributed by atoms with Gasteiger partial charge in [-0.3, -0.25) is 4.68 Å². The van der Waals surface area contributed by atoms with E-state index in [9.17, 15) is 5.11 Å². The Labute approximate surface area is 132 Å². The molecule has 0 radical (unpaired) electrons. The van der Waals surface area contributed by atoms with Crippen LogP contribution in [0, 0.1) is 0 Å². The molecule has 1 aromatic carbocycles. The van der Waals surface area contributed by atoms with Crippen molar-refractivity contribution in [2.75, 3.05) is 0 Å². The number of fused-ring (bicyclic) bond motifs is 1. The molecular weight excluding hydrogens is 274 g/mol. The van der Waals surface area contributed by atoms with E-state index in [4.69, 9.17) is 0 Å². The van der Waals surface area contributed by atoms with Gasteiger partial charge in [-0.25, -0.2) is 0 Å². The Balaban J connectivity index is 1.81.